The number of halogens is 4. The first-order valence-electron chi connectivity index (χ1n) is 7.14. The zero-order valence-corrected chi connectivity index (χ0v) is 18.9. The highest BCUT2D eigenvalue weighted by Crippen LogP contribution is 2.25. The molecule has 0 radical (unpaired) electrons. The fourth-order valence-electron chi connectivity index (χ4n) is 1.74. The van der Waals surface area contributed by atoms with Crippen LogP contribution in [0.3, 0.4) is 0 Å². The first-order chi connectivity index (χ1) is 12.7. The topological polar surface area (TPSA) is 98.0 Å². The average molecular weight is 555 g/mol. The maximum Gasteiger partial charge on any atom is 0.261 e. The van der Waals surface area contributed by atoms with Gasteiger partial charge in [-0.25, -0.2) is 18.4 Å². The minimum atomic E-state index is -3.65. The molecule has 0 unspecified atom stereocenters. The molecule has 3 aromatic rings. The Kier molecular flexibility index (Phi) is 7.87. The van der Waals surface area contributed by atoms with E-state index in [-0.39, 0.29) is 15.7 Å². The molecule has 0 spiro atoms. The molecule has 3 rings (SSSR count). The van der Waals surface area contributed by atoms with Gasteiger partial charge < -0.3 is 5.73 Å². The largest absolute Gasteiger partial charge is 0.396 e. The second-order valence-corrected chi connectivity index (χ2v) is 9.17. The summed E-state index contributed by atoms with van der Waals surface area (Å²) in [4.78, 5) is 7.79. The number of nitrogens with two attached hydrogens (primary N) is 1. The number of aromatic nitrogens is 2. The van der Waals surface area contributed by atoms with Gasteiger partial charge in [0.15, 0.2) is 10.3 Å². The number of benzene rings is 1. The normalized spacial score (nSPS) is 10.7. The van der Waals surface area contributed by atoms with Crippen molar-refractivity contribution in [2.75, 3.05) is 10.5 Å². The van der Waals surface area contributed by atoms with Crippen LogP contribution in [0.4, 0.5) is 11.4 Å². The lowest BCUT2D eigenvalue weighted by atomic mass is 10.4. The fraction of sp³-hybridized carbons (Fsp3) is 0. The van der Waals surface area contributed by atoms with E-state index < -0.39 is 10.0 Å². The van der Waals surface area contributed by atoms with Crippen LogP contribution in [0.5, 0.6) is 0 Å². The number of nitrogen functional groups attached to an aromatic ring is 1. The molecule has 6 nitrogen and oxygen atoms in total. The van der Waals surface area contributed by atoms with E-state index in [4.69, 9.17) is 28.9 Å². The highest BCUT2D eigenvalue weighted by Gasteiger charge is 2.15. The Morgan fingerprint density at radius 3 is 2.04 bits per heavy atom. The molecule has 0 amide bonds. The summed E-state index contributed by atoms with van der Waals surface area (Å²) in [5.74, 6) is 0. The fourth-order valence-corrected chi connectivity index (χ4v) is 3.80. The molecule has 0 bridgehead atoms. The number of nitrogens with zero attached hydrogens (tertiary/aromatic N) is 2. The number of rotatable bonds is 3. The summed E-state index contributed by atoms with van der Waals surface area (Å²) in [6.45, 7) is 0. The van der Waals surface area contributed by atoms with Gasteiger partial charge in [-0.15, -0.1) is 0 Å². The lowest BCUT2D eigenvalue weighted by Gasteiger charge is -2.09. The van der Waals surface area contributed by atoms with Gasteiger partial charge in [-0.1, -0.05) is 41.4 Å². The highest BCUT2D eigenvalue weighted by atomic mass is 79.9. The quantitative estimate of drug-likeness (QED) is 0.424. The standard InChI is InChI=1S/C11H8BrClN2O2S.C5H4BrClN2/c12-8-6-10(11(13)14-7-8)15-18(16,17)9-4-2-1-3-5-9;6-3-1-4(8)5(7)9-2-3/h1-7,15H;1-2H,8H2. The number of hydrogen-bond donors (Lipinski definition) is 2. The maximum atomic E-state index is 12.1. The van der Waals surface area contributed by atoms with E-state index >= 15 is 0 Å². The first-order valence-corrected chi connectivity index (χ1v) is 11.0. The third-order valence-electron chi connectivity index (χ3n) is 2.94. The summed E-state index contributed by atoms with van der Waals surface area (Å²) < 4.78 is 28.0. The third kappa shape index (κ3) is 6.62. The lowest BCUT2D eigenvalue weighted by molar-refractivity contribution is 0.601. The van der Waals surface area contributed by atoms with Crippen LogP contribution in [0, 0.1) is 0 Å². The molecule has 0 fully saturated rings. The average Bonchev–Trinajstić information content (AvgIpc) is 2.63. The molecule has 27 heavy (non-hydrogen) atoms. The summed E-state index contributed by atoms with van der Waals surface area (Å²) in [5, 5.41) is 0.441. The van der Waals surface area contributed by atoms with Crippen molar-refractivity contribution in [3.63, 3.8) is 0 Å². The Morgan fingerprint density at radius 2 is 1.48 bits per heavy atom. The van der Waals surface area contributed by atoms with E-state index in [1.54, 1.807) is 36.5 Å². The molecule has 142 valence electrons. The van der Waals surface area contributed by atoms with Crippen molar-refractivity contribution in [3.8, 4) is 0 Å². The minimum Gasteiger partial charge on any atom is -0.396 e. The van der Waals surface area contributed by atoms with Crippen molar-refractivity contribution in [2.45, 2.75) is 4.90 Å². The molecule has 11 heteroatoms. The van der Waals surface area contributed by atoms with E-state index in [9.17, 15) is 8.42 Å². The van der Waals surface area contributed by atoms with Gasteiger partial charge in [0.25, 0.3) is 10.0 Å². The Labute approximate surface area is 183 Å². The van der Waals surface area contributed by atoms with Crippen LogP contribution in [0.1, 0.15) is 0 Å². The van der Waals surface area contributed by atoms with Crippen LogP contribution in [0.15, 0.2) is 68.7 Å². The van der Waals surface area contributed by atoms with Gasteiger partial charge in [-0.05, 0) is 56.1 Å². The van der Waals surface area contributed by atoms with E-state index in [1.165, 1.54) is 18.3 Å². The number of pyridine rings is 2. The van der Waals surface area contributed by atoms with Crippen molar-refractivity contribution in [2.24, 2.45) is 0 Å². The molecule has 0 aliphatic rings. The highest BCUT2D eigenvalue weighted by molar-refractivity contribution is 9.10. The van der Waals surface area contributed by atoms with Crippen molar-refractivity contribution >= 4 is 76.5 Å². The molecule has 3 N–H and O–H groups in total. The van der Waals surface area contributed by atoms with Crippen molar-refractivity contribution in [1.29, 1.82) is 0 Å². The summed E-state index contributed by atoms with van der Waals surface area (Å²) in [6.07, 6.45) is 3.08. The lowest BCUT2D eigenvalue weighted by Crippen LogP contribution is -2.13. The molecule has 0 saturated carbocycles. The zero-order valence-electron chi connectivity index (χ0n) is 13.4. The molecular formula is C16H12Br2Cl2N4O2S. The Bertz CT molecular complexity index is 1040. The molecule has 1 aromatic carbocycles. The second-order valence-electron chi connectivity index (χ2n) is 4.94. The molecule has 0 aliphatic carbocycles. The molecular weight excluding hydrogens is 543 g/mol. The van der Waals surface area contributed by atoms with E-state index in [2.05, 4.69) is 46.5 Å². The second kappa shape index (κ2) is 9.70. The van der Waals surface area contributed by atoms with Crippen LogP contribution in [0.2, 0.25) is 10.3 Å². The molecule has 2 heterocycles. The minimum absolute atomic E-state index is 0.0951. The third-order valence-corrected chi connectivity index (χ3v) is 5.80. The van der Waals surface area contributed by atoms with Crippen LogP contribution in [-0.4, -0.2) is 18.4 Å². The predicted octanol–water partition coefficient (Wildman–Crippen LogP) is 5.38. The van der Waals surface area contributed by atoms with E-state index in [1.807, 2.05) is 0 Å². The number of anilines is 2. The van der Waals surface area contributed by atoms with Crippen LogP contribution >= 0.6 is 55.1 Å². The van der Waals surface area contributed by atoms with E-state index in [0.717, 1.165) is 4.47 Å². The van der Waals surface area contributed by atoms with Crippen LogP contribution in [-0.2, 0) is 10.0 Å². The smallest absolute Gasteiger partial charge is 0.261 e. The van der Waals surface area contributed by atoms with E-state index in [0.29, 0.717) is 15.3 Å². The summed E-state index contributed by atoms with van der Waals surface area (Å²) >= 11 is 17.8. The molecule has 0 atom stereocenters. The molecule has 0 aliphatic heterocycles. The van der Waals surface area contributed by atoms with Crippen molar-refractivity contribution < 1.29 is 8.42 Å². The predicted molar refractivity (Wildman–Crippen MR) is 116 cm³/mol. The zero-order chi connectivity index (χ0) is 20.0. The summed E-state index contributed by atoms with van der Waals surface area (Å²) in [7, 11) is -3.65. The van der Waals surface area contributed by atoms with Gasteiger partial charge in [-0.2, -0.15) is 0 Å². The van der Waals surface area contributed by atoms with Crippen molar-refractivity contribution in [1.82, 2.24) is 9.97 Å². The van der Waals surface area contributed by atoms with Gasteiger partial charge in [-0.3, -0.25) is 4.72 Å². The van der Waals surface area contributed by atoms with Gasteiger partial charge in [0.2, 0.25) is 0 Å². The number of nitrogens with one attached hydrogen (secondary N) is 1. The van der Waals surface area contributed by atoms with Crippen LogP contribution < -0.4 is 10.5 Å². The molecule has 2 aromatic heterocycles. The van der Waals surface area contributed by atoms with Gasteiger partial charge in [0.1, 0.15) is 0 Å². The molecule has 0 saturated heterocycles. The van der Waals surface area contributed by atoms with Gasteiger partial charge in [0, 0.05) is 21.3 Å². The van der Waals surface area contributed by atoms with Crippen molar-refractivity contribution in [3.05, 3.63) is 74.1 Å². The SMILES string of the molecule is Nc1cc(Br)cnc1Cl.O=S(=O)(Nc1cc(Br)cnc1Cl)c1ccccc1. The number of hydrogen-bond acceptors (Lipinski definition) is 5. The Balaban J connectivity index is 0.000000244. The van der Waals surface area contributed by atoms with Gasteiger partial charge >= 0.3 is 0 Å². The monoisotopic (exact) mass is 552 g/mol. The Morgan fingerprint density at radius 1 is 0.926 bits per heavy atom. The first kappa shape index (κ1) is 21.9. The number of sulfonamides is 1. The van der Waals surface area contributed by atoms with Gasteiger partial charge in [0.05, 0.1) is 16.3 Å². The summed E-state index contributed by atoms with van der Waals surface area (Å²) in [5.41, 5.74) is 6.12. The summed E-state index contributed by atoms with van der Waals surface area (Å²) in [6, 6.07) is 11.3. The Hall–Kier alpha value is -1.39. The van der Waals surface area contributed by atoms with Crippen LogP contribution in [0.25, 0.3) is 0 Å². The maximum absolute atomic E-state index is 12.1.